The summed E-state index contributed by atoms with van der Waals surface area (Å²) in [4.78, 5) is 34.2. The molecule has 8 nitrogen and oxygen atoms in total. The number of likely N-dealkylation sites (tertiary alicyclic amines) is 1. The third kappa shape index (κ3) is 6.85. The van der Waals surface area contributed by atoms with Gasteiger partial charge in [-0.1, -0.05) is 76.9 Å². The predicted octanol–water partition coefficient (Wildman–Crippen LogP) is 7.84. The molecule has 0 N–H and O–H groups in total. The van der Waals surface area contributed by atoms with Crippen molar-refractivity contribution in [2.45, 2.75) is 72.6 Å². The summed E-state index contributed by atoms with van der Waals surface area (Å²) in [5.74, 6) is 0.136. The van der Waals surface area contributed by atoms with Gasteiger partial charge in [-0.25, -0.2) is 4.79 Å². The Bertz CT molecular complexity index is 1670. The summed E-state index contributed by atoms with van der Waals surface area (Å²) < 4.78 is 10.7. The molecule has 2 heterocycles. The highest BCUT2D eigenvalue weighted by molar-refractivity contribution is 5.98. The average Bonchev–Trinajstić information content (AvgIpc) is 3.50. The Balaban J connectivity index is 1.29. The van der Waals surface area contributed by atoms with E-state index in [1.54, 1.807) is 23.2 Å². The van der Waals surface area contributed by atoms with E-state index in [9.17, 15) is 9.59 Å². The van der Waals surface area contributed by atoms with Crippen LogP contribution in [0.25, 0.3) is 11.3 Å². The molecule has 1 aliphatic rings. The van der Waals surface area contributed by atoms with E-state index >= 15 is 0 Å². The summed E-state index contributed by atoms with van der Waals surface area (Å²) in [6, 6.07) is 20.5. The zero-order valence-corrected chi connectivity index (χ0v) is 27.0. The van der Waals surface area contributed by atoms with Crippen LogP contribution in [0.4, 0.5) is 0 Å². The molecule has 234 valence electrons. The van der Waals surface area contributed by atoms with Crippen LogP contribution in [0.5, 0.6) is 0 Å². The number of carbonyl (C=O) groups excluding carboxylic acids is 2. The first-order valence-corrected chi connectivity index (χ1v) is 15.4. The van der Waals surface area contributed by atoms with Crippen LogP contribution in [0, 0.1) is 33.6 Å². The lowest BCUT2D eigenvalue weighted by atomic mass is 9.82. The molecule has 8 heteroatoms. The number of rotatable bonds is 8. The Morgan fingerprint density at radius 2 is 1.62 bits per heavy atom. The van der Waals surface area contributed by atoms with Gasteiger partial charge in [0.15, 0.2) is 11.9 Å². The number of ether oxygens (including phenoxy) is 1. The zero-order valence-electron chi connectivity index (χ0n) is 27.0. The van der Waals surface area contributed by atoms with Crippen LogP contribution in [-0.4, -0.2) is 41.3 Å². The number of hydrogen-bond acceptors (Lipinski definition) is 7. The number of aryl methyl sites for hydroxylation is 4. The summed E-state index contributed by atoms with van der Waals surface area (Å²) in [6.45, 7) is 12.2. The number of aromatic nitrogens is 1. The van der Waals surface area contributed by atoms with E-state index in [1.165, 1.54) is 12.7 Å². The van der Waals surface area contributed by atoms with E-state index < -0.39 is 18.1 Å². The van der Waals surface area contributed by atoms with Crippen LogP contribution in [-0.2, 0) is 14.4 Å². The Hall–Kier alpha value is -4.72. The molecule has 3 aromatic carbocycles. The zero-order chi connectivity index (χ0) is 32.2. The first kappa shape index (κ1) is 31.7. The van der Waals surface area contributed by atoms with Crippen LogP contribution in [0.15, 0.2) is 76.4 Å². The third-order valence-corrected chi connectivity index (χ3v) is 8.64. The summed E-state index contributed by atoms with van der Waals surface area (Å²) >= 11 is 0. The second kappa shape index (κ2) is 13.5. The molecule has 0 spiro atoms. The van der Waals surface area contributed by atoms with Gasteiger partial charge in [-0.05, 0) is 87.8 Å². The number of benzene rings is 3. The van der Waals surface area contributed by atoms with E-state index in [1.807, 2.05) is 56.3 Å². The van der Waals surface area contributed by atoms with Gasteiger partial charge in [-0.2, -0.15) is 0 Å². The highest BCUT2D eigenvalue weighted by Crippen LogP contribution is 2.40. The molecule has 0 bridgehead atoms. The lowest BCUT2D eigenvalue weighted by Gasteiger charge is -2.44. The second-order valence-electron chi connectivity index (χ2n) is 12.2. The van der Waals surface area contributed by atoms with Crippen molar-refractivity contribution in [2.75, 3.05) is 7.11 Å². The molecule has 5 rings (SSSR count). The lowest BCUT2D eigenvalue weighted by Crippen LogP contribution is -2.52. The molecule has 0 unspecified atom stereocenters. The van der Waals surface area contributed by atoms with Gasteiger partial charge < -0.3 is 19.0 Å². The fourth-order valence-electron chi connectivity index (χ4n) is 6.35. The number of carbonyl (C=O) groups is 2. The van der Waals surface area contributed by atoms with E-state index in [4.69, 9.17) is 14.1 Å². The highest BCUT2D eigenvalue weighted by Gasteiger charge is 2.43. The van der Waals surface area contributed by atoms with Gasteiger partial charge in [0.1, 0.15) is 11.7 Å². The number of oxime groups is 1. The fraction of sp³-hybridized carbons (Fsp3) is 0.351. The average molecular weight is 608 g/mol. The maximum Gasteiger partial charge on any atom is 0.328 e. The Morgan fingerprint density at radius 1 is 0.956 bits per heavy atom. The first-order chi connectivity index (χ1) is 21.6. The number of methoxy groups -OCH3 is 1. The van der Waals surface area contributed by atoms with Crippen molar-refractivity contribution in [3.05, 3.63) is 111 Å². The Kier molecular flexibility index (Phi) is 9.51. The van der Waals surface area contributed by atoms with Crippen molar-refractivity contribution in [1.29, 1.82) is 0 Å². The van der Waals surface area contributed by atoms with Gasteiger partial charge >= 0.3 is 5.97 Å². The molecule has 1 saturated heterocycles. The summed E-state index contributed by atoms with van der Waals surface area (Å²) in [7, 11) is 1.37. The number of amides is 1. The number of nitrogens with zero attached hydrogens (tertiary/aromatic N) is 3. The Labute approximate surface area is 265 Å². The highest BCUT2D eigenvalue weighted by atomic mass is 16.6. The predicted molar refractivity (Wildman–Crippen MR) is 174 cm³/mol. The summed E-state index contributed by atoms with van der Waals surface area (Å²) in [5.41, 5.74) is 8.70. The quantitative estimate of drug-likeness (QED) is 0.115. The largest absolute Gasteiger partial charge is 0.467 e. The maximum absolute atomic E-state index is 14.0. The van der Waals surface area contributed by atoms with Crippen molar-refractivity contribution in [2.24, 2.45) is 11.1 Å². The van der Waals surface area contributed by atoms with Crippen LogP contribution in [0.3, 0.4) is 0 Å². The molecule has 1 amide bonds. The molecule has 1 fully saturated rings. The standard InChI is InChI=1S/C37H41N3O5/c1-22-8-13-29(14-9-22)35-24(3)10-17-32(37(42)43-7)40(35)36(41)30-15-11-28(12-16-30)21-38-44-27(6)33-20-31(39-45-33)34-25(4)18-23(2)19-26(34)5/h8-9,11-16,18-21,24,27,32,35H,10,17H2,1-7H3/b38-21+/t24-,27-,32-,35-/m0/s1. The first-order valence-electron chi connectivity index (χ1n) is 15.4. The number of hydrogen-bond donors (Lipinski definition) is 0. The van der Waals surface area contributed by atoms with Gasteiger partial charge in [0.2, 0.25) is 0 Å². The SMILES string of the molecule is COC(=O)[C@@H]1CC[C@H](C)[C@@H](c2ccc(C)cc2)N1C(=O)c1ccc(/C=N/O[C@@H](C)c2cc(-c3c(C)cc(C)cc3C)no2)cc1. The fourth-order valence-corrected chi connectivity index (χ4v) is 6.35. The van der Waals surface area contributed by atoms with Crippen molar-refractivity contribution in [3.8, 4) is 11.3 Å². The van der Waals surface area contributed by atoms with Crippen LogP contribution in [0.1, 0.15) is 88.3 Å². The van der Waals surface area contributed by atoms with Crippen molar-refractivity contribution < 1.29 is 23.7 Å². The normalized spacial score (nSPS) is 19.0. The van der Waals surface area contributed by atoms with Crippen molar-refractivity contribution >= 4 is 18.1 Å². The molecular weight excluding hydrogens is 566 g/mol. The molecule has 0 aliphatic carbocycles. The van der Waals surface area contributed by atoms with Gasteiger partial charge in [0.05, 0.1) is 19.4 Å². The van der Waals surface area contributed by atoms with Crippen molar-refractivity contribution in [3.63, 3.8) is 0 Å². The number of esters is 1. The lowest BCUT2D eigenvalue weighted by molar-refractivity contribution is -0.149. The summed E-state index contributed by atoms with van der Waals surface area (Å²) in [5, 5.41) is 8.43. The van der Waals surface area contributed by atoms with E-state index in [0.717, 1.165) is 45.5 Å². The third-order valence-electron chi connectivity index (χ3n) is 8.64. The van der Waals surface area contributed by atoms with Gasteiger partial charge in [-0.15, -0.1) is 0 Å². The van der Waals surface area contributed by atoms with Crippen LogP contribution in [0.2, 0.25) is 0 Å². The molecule has 1 aromatic heterocycles. The smallest absolute Gasteiger partial charge is 0.328 e. The summed E-state index contributed by atoms with van der Waals surface area (Å²) in [6.07, 6.45) is 2.51. The minimum absolute atomic E-state index is 0.175. The Morgan fingerprint density at radius 3 is 2.27 bits per heavy atom. The molecule has 0 saturated carbocycles. The topological polar surface area (TPSA) is 94.2 Å². The second-order valence-corrected chi connectivity index (χ2v) is 12.2. The molecule has 4 aromatic rings. The molecule has 1 aliphatic heterocycles. The minimum atomic E-state index is -0.656. The van der Waals surface area contributed by atoms with E-state index in [-0.39, 0.29) is 17.9 Å². The molecule has 4 atom stereocenters. The maximum atomic E-state index is 14.0. The minimum Gasteiger partial charge on any atom is -0.467 e. The van der Waals surface area contributed by atoms with Gasteiger partial charge in [0, 0.05) is 17.2 Å². The monoisotopic (exact) mass is 607 g/mol. The molecule has 45 heavy (non-hydrogen) atoms. The molecular formula is C37H41N3O5. The molecule has 0 radical (unpaired) electrons. The number of piperidine rings is 1. The van der Waals surface area contributed by atoms with Gasteiger partial charge in [0.25, 0.3) is 5.91 Å². The van der Waals surface area contributed by atoms with Crippen LogP contribution >= 0.6 is 0 Å². The van der Waals surface area contributed by atoms with E-state index in [2.05, 4.69) is 50.1 Å². The van der Waals surface area contributed by atoms with Gasteiger partial charge in [-0.3, -0.25) is 4.79 Å². The van der Waals surface area contributed by atoms with Crippen LogP contribution < -0.4 is 0 Å². The van der Waals surface area contributed by atoms with Crippen molar-refractivity contribution in [1.82, 2.24) is 10.1 Å². The van der Waals surface area contributed by atoms with E-state index in [0.29, 0.717) is 17.7 Å².